The van der Waals surface area contributed by atoms with E-state index in [2.05, 4.69) is 105 Å². The molecule has 3 atom stereocenters. The van der Waals surface area contributed by atoms with Gasteiger partial charge in [0.1, 0.15) is 22.6 Å². The van der Waals surface area contributed by atoms with Crippen LogP contribution < -0.4 is 16.0 Å². The van der Waals surface area contributed by atoms with Crippen molar-refractivity contribution in [2.24, 2.45) is 0 Å². The molecule has 8 aromatic heterocycles. The lowest BCUT2D eigenvalue weighted by Gasteiger charge is -2.32. The van der Waals surface area contributed by atoms with Crippen molar-refractivity contribution >= 4 is 68.7 Å². The number of aliphatic hydroxyl groups is 3. The first-order valence-electron chi connectivity index (χ1n) is 40.8. The number of anilines is 3. The molecule has 6 aliphatic rings. The minimum absolute atomic E-state index is 0.0116. The molecule has 1 aromatic carbocycles. The van der Waals surface area contributed by atoms with Gasteiger partial charge in [0, 0.05) is 153 Å². The molecule has 0 bridgehead atoms. The third-order valence-electron chi connectivity index (χ3n) is 23.8. The molecule has 0 unspecified atom stereocenters. The normalized spacial score (nSPS) is 22.0. The van der Waals surface area contributed by atoms with Gasteiger partial charge in [0.05, 0.1) is 23.9 Å². The molecule has 3 amide bonds. The Hall–Kier alpha value is -8.93. The molecule has 23 heteroatoms. The molecule has 576 valence electrons. The van der Waals surface area contributed by atoms with Crippen LogP contribution in [-0.4, -0.2) is 177 Å². The van der Waals surface area contributed by atoms with Crippen LogP contribution in [0.1, 0.15) is 279 Å². The van der Waals surface area contributed by atoms with Gasteiger partial charge >= 0.3 is 0 Å². The molecule has 3 aliphatic carbocycles. The zero-order chi connectivity index (χ0) is 75.2. The number of carbonyl (C=O) groups is 3. The molecular weight excluding hydrogens is 1360 g/mol. The van der Waals surface area contributed by atoms with Crippen molar-refractivity contribution in [3.63, 3.8) is 0 Å². The molecular formula is C85H115N17O6. The number of aromatic nitrogens is 11. The number of benzene rings is 1. The van der Waals surface area contributed by atoms with Crippen LogP contribution in [0.2, 0.25) is 0 Å². The number of carbonyl (C=O) groups excluding carboxylic acids is 3. The van der Waals surface area contributed by atoms with Crippen molar-refractivity contribution in [2.75, 3.05) is 55.2 Å². The highest BCUT2D eigenvalue weighted by Crippen LogP contribution is 2.43. The Labute approximate surface area is 636 Å². The van der Waals surface area contributed by atoms with E-state index in [4.69, 9.17) is 24.9 Å². The molecule has 0 radical (unpaired) electrons. The summed E-state index contributed by atoms with van der Waals surface area (Å²) < 4.78 is 7.05. The molecule has 0 spiro atoms. The third-order valence-corrected chi connectivity index (χ3v) is 23.8. The van der Waals surface area contributed by atoms with Gasteiger partial charge in [0.2, 0.25) is 17.8 Å². The van der Waals surface area contributed by atoms with Crippen molar-refractivity contribution in [3.8, 4) is 0 Å². The third kappa shape index (κ3) is 18.7. The summed E-state index contributed by atoms with van der Waals surface area (Å²) in [5.41, 5.74) is 8.77. The largest absolute Gasteiger partial charge is 0.393 e. The van der Waals surface area contributed by atoms with E-state index < -0.39 is 0 Å². The number of likely N-dealkylation sites (tertiary alicyclic amines) is 3. The summed E-state index contributed by atoms with van der Waals surface area (Å²) in [5.74, 6) is 3.35. The number of nitrogens with zero attached hydrogens (tertiary/aromatic N) is 14. The number of aliphatic hydroxyl groups excluding tert-OH is 3. The predicted molar refractivity (Wildman–Crippen MR) is 426 cm³/mol. The first-order valence-corrected chi connectivity index (χ1v) is 40.8. The Morgan fingerprint density at radius 2 is 0.741 bits per heavy atom. The molecule has 6 fully saturated rings. The molecule has 3 aliphatic heterocycles. The van der Waals surface area contributed by atoms with Crippen LogP contribution in [-0.2, 0) is 0 Å². The molecule has 3 saturated heterocycles. The average Bonchev–Trinajstić information content (AvgIpc) is 1.63. The van der Waals surface area contributed by atoms with Crippen LogP contribution in [0, 0.1) is 0 Å². The summed E-state index contributed by atoms with van der Waals surface area (Å²) in [6, 6.07) is 20.7. The van der Waals surface area contributed by atoms with Gasteiger partial charge in [0.25, 0.3) is 17.7 Å². The number of nitrogens with one attached hydrogen (secondary N) is 3. The molecule has 15 rings (SSSR count). The van der Waals surface area contributed by atoms with Crippen LogP contribution in [0.3, 0.4) is 0 Å². The number of hydrogen-bond acceptors (Lipinski definition) is 17. The fraction of sp³-hybridized carbons (Fsp3) is 0.565. The van der Waals surface area contributed by atoms with Crippen LogP contribution in [0.4, 0.5) is 17.8 Å². The number of rotatable bonds is 21. The van der Waals surface area contributed by atoms with Gasteiger partial charge < -0.3 is 59.7 Å². The van der Waals surface area contributed by atoms with E-state index in [0.29, 0.717) is 83.1 Å². The Balaban J connectivity index is 0.000000143. The molecule has 6 N–H and O–H groups in total. The first-order chi connectivity index (χ1) is 52.6. The zero-order valence-electron chi connectivity index (χ0n) is 64.4. The van der Waals surface area contributed by atoms with Crippen molar-refractivity contribution in [1.29, 1.82) is 0 Å². The number of fused-ring (bicyclic) bond motifs is 3. The Bertz CT molecular complexity index is 3930. The van der Waals surface area contributed by atoms with Crippen LogP contribution in [0.15, 0.2) is 116 Å². The van der Waals surface area contributed by atoms with Crippen LogP contribution in [0.25, 0.3) is 33.1 Å². The fourth-order valence-corrected chi connectivity index (χ4v) is 17.6. The highest BCUT2D eigenvalue weighted by molar-refractivity contribution is 5.95. The quantitative estimate of drug-likeness (QED) is 0.0390. The molecule has 9 aromatic rings. The van der Waals surface area contributed by atoms with Gasteiger partial charge in [-0.3, -0.25) is 24.4 Å². The second-order valence-corrected chi connectivity index (χ2v) is 31.7. The maximum Gasteiger partial charge on any atom is 0.272 e. The summed E-state index contributed by atoms with van der Waals surface area (Å²) in [6.45, 7) is 17.5. The van der Waals surface area contributed by atoms with Gasteiger partial charge in [-0.25, -0.2) is 15.0 Å². The lowest BCUT2D eigenvalue weighted by atomic mass is 9.89. The highest BCUT2D eigenvalue weighted by atomic mass is 16.3. The molecule has 23 nitrogen and oxygen atoms in total. The minimum Gasteiger partial charge on any atom is -0.393 e. The van der Waals surface area contributed by atoms with E-state index in [-0.39, 0.29) is 36.0 Å². The van der Waals surface area contributed by atoms with E-state index in [1.165, 1.54) is 16.7 Å². The number of piperidine rings is 3. The second-order valence-electron chi connectivity index (χ2n) is 31.7. The van der Waals surface area contributed by atoms with Crippen molar-refractivity contribution in [1.82, 2.24) is 68.3 Å². The van der Waals surface area contributed by atoms with Gasteiger partial charge in [-0.05, 0) is 226 Å². The van der Waals surface area contributed by atoms with Crippen molar-refractivity contribution in [2.45, 2.75) is 268 Å². The number of pyridine rings is 2. The molecule has 11 heterocycles. The lowest BCUT2D eigenvalue weighted by molar-refractivity contribution is 0.0701. The summed E-state index contributed by atoms with van der Waals surface area (Å²) in [5, 5.41) is 44.0. The Morgan fingerprint density at radius 3 is 1.07 bits per heavy atom. The number of hydrogen-bond donors (Lipinski definition) is 6. The first kappa shape index (κ1) is 77.2. The van der Waals surface area contributed by atoms with Gasteiger partial charge in [-0.2, -0.15) is 15.0 Å². The van der Waals surface area contributed by atoms with E-state index >= 15 is 0 Å². The smallest absolute Gasteiger partial charge is 0.272 e. The SMILES string of the molecule is CCC[C@H](C)Nc1ncc2c(C3CCN(C(=O)c4ccccc4)CC3)cn(C3CCC(O)CC3)c2n1.CCC[C@H](C)Nc1ncc2c(C3CCN(C(=O)c4ccccn4)CC3)cn(C3CCC(O)CC3)c2n1.CCC[C@H](C)Nc1ncc2c(C3CCN(C(=O)c4cccnc4)CC3)cn(C3CCC(O)CC3)c2n1. The van der Waals surface area contributed by atoms with Crippen LogP contribution >= 0.6 is 0 Å². The summed E-state index contributed by atoms with van der Waals surface area (Å²) in [7, 11) is 0. The van der Waals surface area contributed by atoms with E-state index in [1.807, 2.05) is 87.9 Å². The summed E-state index contributed by atoms with van der Waals surface area (Å²) >= 11 is 0. The topological polar surface area (TPSA) is 276 Å². The Kier molecular flexibility index (Phi) is 26.1. The minimum atomic E-state index is -0.190. The highest BCUT2D eigenvalue weighted by Gasteiger charge is 2.35. The lowest BCUT2D eigenvalue weighted by Crippen LogP contribution is -2.38. The second kappa shape index (κ2) is 36.5. The van der Waals surface area contributed by atoms with Gasteiger partial charge in [-0.15, -0.1) is 0 Å². The monoisotopic (exact) mass is 1470 g/mol. The van der Waals surface area contributed by atoms with Gasteiger partial charge in [-0.1, -0.05) is 64.3 Å². The maximum absolute atomic E-state index is 12.9. The predicted octanol–water partition coefficient (Wildman–Crippen LogP) is 15.4. The summed E-state index contributed by atoms with van der Waals surface area (Å²) in [6.07, 6.45) is 40.2. The van der Waals surface area contributed by atoms with Gasteiger partial charge in [0.15, 0.2) is 0 Å². The maximum atomic E-state index is 12.9. The molecule has 3 saturated carbocycles. The summed E-state index contributed by atoms with van der Waals surface area (Å²) in [4.78, 5) is 82.0. The van der Waals surface area contributed by atoms with E-state index in [1.54, 1.807) is 24.7 Å². The van der Waals surface area contributed by atoms with Crippen LogP contribution in [0.5, 0.6) is 0 Å². The van der Waals surface area contributed by atoms with E-state index in [0.717, 1.165) is 232 Å². The van der Waals surface area contributed by atoms with Crippen molar-refractivity contribution < 1.29 is 29.7 Å². The van der Waals surface area contributed by atoms with Crippen molar-refractivity contribution in [3.05, 3.63) is 150 Å². The zero-order valence-corrected chi connectivity index (χ0v) is 64.4. The number of amides is 3. The average molecular weight is 1470 g/mol. The van der Waals surface area contributed by atoms with E-state index in [9.17, 15) is 29.7 Å². The standard InChI is InChI=1S/C29H39N5O2.2C28H38N6O2/c1-3-7-20(2)31-29-30-18-25-26(19-34(27(25)32-29)23-10-12-24(35)13-11-23)21-14-16-33(17-15-21)28(36)22-8-5-4-6-9-22;1-3-6-19(2)31-28-30-17-23-24(18-34(26(23)32-28)21-8-10-22(35)11-9-21)20-12-15-33(16-13-20)27(36)25-7-4-5-14-29-25;1-3-5-19(2)31-28-30-17-24-25(18-34(26(24)32-28)22-7-9-23(35)10-8-22)20-11-14-33(15-12-20)27(36)21-6-4-13-29-16-21/h4-6,8-9,18-21,23-24,35H,3,7,10-17H2,1-2H3,(H,30,31,32);4-5,7,14,17-22,35H,3,6,8-13,15-16H2,1-2H3,(H,30,31,32);4,6,13,16-20,22-23,35H,3,5,7-12,14-15H2,1-2H3,(H,30,31,32)/t20-,23?,24?;19-,21?,22?;19-,22?,23?/m000/s1. The Morgan fingerprint density at radius 1 is 0.398 bits per heavy atom. The fourth-order valence-electron chi connectivity index (χ4n) is 17.6. The molecule has 108 heavy (non-hydrogen) atoms.